The van der Waals surface area contributed by atoms with Crippen molar-refractivity contribution in [1.82, 2.24) is 0 Å². The second kappa shape index (κ2) is 7.87. The van der Waals surface area contributed by atoms with E-state index < -0.39 is 10.8 Å². The van der Waals surface area contributed by atoms with Gasteiger partial charge in [-0.1, -0.05) is 30.3 Å². The van der Waals surface area contributed by atoms with E-state index in [2.05, 4.69) is 5.32 Å². The third-order valence-electron chi connectivity index (χ3n) is 3.35. The van der Waals surface area contributed by atoms with E-state index in [1.54, 1.807) is 30.3 Å². The maximum Gasteiger partial charge on any atom is 0.296 e. The second-order valence-electron chi connectivity index (χ2n) is 4.98. The van der Waals surface area contributed by atoms with Gasteiger partial charge in [0, 0.05) is 18.4 Å². The monoisotopic (exact) mass is 328 g/mol. The molecular formula is C17H16N2O5. The summed E-state index contributed by atoms with van der Waals surface area (Å²) in [7, 11) is 1.40. The van der Waals surface area contributed by atoms with Gasteiger partial charge in [0.1, 0.15) is 11.4 Å². The molecule has 0 bridgehead atoms. The lowest BCUT2D eigenvalue weighted by Crippen LogP contribution is -2.14. The van der Waals surface area contributed by atoms with Crippen LogP contribution in [0.4, 0.5) is 11.4 Å². The van der Waals surface area contributed by atoms with E-state index in [0.29, 0.717) is 11.3 Å². The molecule has 0 radical (unpaired) electrons. The van der Waals surface area contributed by atoms with Gasteiger partial charge in [-0.25, -0.2) is 0 Å². The Balaban J connectivity index is 2.00. The molecule has 124 valence electrons. The zero-order valence-electron chi connectivity index (χ0n) is 13.0. The Morgan fingerprint density at radius 3 is 2.46 bits per heavy atom. The zero-order chi connectivity index (χ0) is 17.5. The molecule has 0 aliphatic rings. The van der Waals surface area contributed by atoms with Crippen LogP contribution in [0, 0.1) is 10.1 Å². The summed E-state index contributed by atoms with van der Waals surface area (Å²) in [6.07, 6.45) is -0.0310. The lowest BCUT2D eigenvalue weighted by Gasteiger charge is -2.07. The topological polar surface area (TPSA) is 98.5 Å². The maximum atomic E-state index is 12.0. The van der Waals surface area contributed by atoms with Crippen LogP contribution < -0.4 is 10.1 Å². The first kappa shape index (κ1) is 17.1. The number of ether oxygens (including phenoxy) is 1. The molecule has 0 saturated carbocycles. The number of nitro groups is 1. The Labute approximate surface area is 138 Å². The number of benzene rings is 2. The third kappa shape index (κ3) is 4.39. The number of Topliss-reactive ketones (excluding diaryl/α,β-unsaturated/α-hetero) is 1. The Morgan fingerprint density at radius 2 is 1.83 bits per heavy atom. The summed E-state index contributed by atoms with van der Waals surface area (Å²) in [4.78, 5) is 34.4. The standard InChI is InChI=1S/C17H16N2O5/c1-24-13-7-8-14(15(11-13)19(22)23)18-17(21)10-9-16(20)12-5-3-2-4-6-12/h2-8,11H,9-10H2,1H3,(H,18,21). The van der Waals surface area contributed by atoms with Crippen molar-refractivity contribution in [3.63, 3.8) is 0 Å². The molecule has 0 heterocycles. The highest BCUT2D eigenvalue weighted by Gasteiger charge is 2.17. The summed E-state index contributed by atoms with van der Waals surface area (Å²) in [5, 5.41) is 13.5. The van der Waals surface area contributed by atoms with Crippen molar-refractivity contribution in [2.75, 3.05) is 12.4 Å². The minimum atomic E-state index is -0.604. The molecule has 0 unspecified atom stereocenters. The Morgan fingerprint density at radius 1 is 1.12 bits per heavy atom. The summed E-state index contributed by atoms with van der Waals surface area (Å²) in [6, 6.07) is 12.8. The number of hydrogen-bond donors (Lipinski definition) is 1. The number of ketones is 1. The highest BCUT2D eigenvalue weighted by molar-refractivity contribution is 6.00. The molecule has 0 aliphatic heterocycles. The normalized spacial score (nSPS) is 10.0. The van der Waals surface area contributed by atoms with Crippen LogP contribution in [0.15, 0.2) is 48.5 Å². The van der Waals surface area contributed by atoms with Crippen LogP contribution in [0.3, 0.4) is 0 Å². The first-order chi connectivity index (χ1) is 11.5. The summed E-state index contributed by atoms with van der Waals surface area (Å²) in [5.41, 5.74) is 0.329. The fourth-order valence-electron chi connectivity index (χ4n) is 2.10. The van der Waals surface area contributed by atoms with Gasteiger partial charge in [0.05, 0.1) is 18.1 Å². The molecule has 0 aliphatic carbocycles. The van der Waals surface area contributed by atoms with Crippen LogP contribution in [0.1, 0.15) is 23.2 Å². The molecule has 0 saturated heterocycles. The van der Waals surface area contributed by atoms with Gasteiger partial charge in [0.2, 0.25) is 5.91 Å². The Bertz CT molecular complexity index is 759. The minimum absolute atomic E-state index is 0.0276. The summed E-state index contributed by atoms with van der Waals surface area (Å²) >= 11 is 0. The largest absolute Gasteiger partial charge is 0.496 e. The molecule has 0 fully saturated rings. The van der Waals surface area contributed by atoms with Gasteiger partial charge < -0.3 is 10.1 Å². The van der Waals surface area contributed by atoms with E-state index in [1.807, 2.05) is 0 Å². The average molecular weight is 328 g/mol. The molecule has 2 aromatic carbocycles. The van der Waals surface area contributed by atoms with Gasteiger partial charge >= 0.3 is 0 Å². The average Bonchev–Trinajstić information content (AvgIpc) is 2.60. The number of carbonyl (C=O) groups is 2. The number of hydrogen-bond acceptors (Lipinski definition) is 5. The van der Waals surface area contributed by atoms with E-state index in [4.69, 9.17) is 4.74 Å². The predicted octanol–water partition coefficient (Wildman–Crippen LogP) is 3.21. The number of carbonyl (C=O) groups excluding carboxylic acids is 2. The highest BCUT2D eigenvalue weighted by atomic mass is 16.6. The minimum Gasteiger partial charge on any atom is -0.496 e. The molecular weight excluding hydrogens is 312 g/mol. The van der Waals surface area contributed by atoms with Gasteiger partial charge in [-0.15, -0.1) is 0 Å². The van der Waals surface area contributed by atoms with Crippen LogP contribution in [-0.4, -0.2) is 23.7 Å². The molecule has 24 heavy (non-hydrogen) atoms. The zero-order valence-corrected chi connectivity index (χ0v) is 13.0. The number of anilines is 1. The Hall–Kier alpha value is -3.22. The third-order valence-corrected chi connectivity index (χ3v) is 3.35. The van der Waals surface area contributed by atoms with Crippen molar-refractivity contribution < 1.29 is 19.2 Å². The summed E-state index contributed by atoms with van der Waals surface area (Å²) in [6.45, 7) is 0. The first-order valence-electron chi connectivity index (χ1n) is 7.22. The van der Waals surface area contributed by atoms with Crippen molar-refractivity contribution in [3.05, 3.63) is 64.2 Å². The van der Waals surface area contributed by atoms with Gasteiger partial charge in [0.15, 0.2) is 5.78 Å². The van der Waals surface area contributed by atoms with E-state index in [9.17, 15) is 19.7 Å². The van der Waals surface area contributed by atoms with Gasteiger partial charge in [-0.2, -0.15) is 0 Å². The smallest absolute Gasteiger partial charge is 0.296 e. The highest BCUT2D eigenvalue weighted by Crippen LogP contribution is 2.29. The van der Waals surface area contributed by atoms with Gasteiger partial charge in [-0.3, -0.25) is 19.7 Å². The maximum absolute atomic E-state index is 12.0. The fraction of sp³-hybridized carbons (Fsp3) is 0.176. The number of methoxy groups -OCH3 is 1. The van der Waals surface area contributed by atoms with Crippen LogP contribution in [0.2, 0.25) is 0 Å². The molecule has 7 nitrogen and oxygen atoms in total. The van der Waals surface area contributed by atoms with E-state index >= 15 is 0 Å². The van der Waals surface area contributed by atoms with Crippen molar-refractivity contribution in [1.29, 1.82) is 0 Å². The number of nitrogens with one attached hydrogen (secondary N) is 1. The lowest BCUT2D eigenvalue weighted by atomic mass is 10.1. The molecule has 2 aromatic rings. The number of rotatable bonds is 7. The van der Waals surface area contributed by atoms with Crippen molar-refractivity contribution in [2.24, 2.45) is 0 Å². The molecule has 7 heteroatoms. The fourth-order valence-corrected chi connectivity index (χ4v) is 2.10. The molecule has 0 atom stereocenters. The van der Waals surface area contributed by atoms with E-state index in [0.717, 1.165) is 0 Å². The SMILES string of the molecule is COc1ccc(NC(=O)CCC(=O)c2ccccc2)c([N+](=O)[O-])c1. The van der Waals surface area contributed by atoms with E-state index in [-0.39, 0.29) is 30.0 Å². The van der Waals surface area contributed by atoms with Crippen LogP contribution >= 0.6 is 0 Å². The molecule has 2 rings (SSSR count). The molecule has 1 amide bonds. The lowest BCUT2D eigenvalue weighted by molar-refractivity contribution is -0.384. The van der Waals surface area contributed by atoms with Crippen LogP contribution in [-0.2, 0) is 4.79 Å². The van der Waals surface area contributed by atoms with Crippen molar-refractivity contribution in [2.45, 2.75) is 12.8 Å². The van der Waals surface area contributed by atoms with Crippen molar-refractivity contribution >= 4 is 23.1 Å². The molecule has 1 N–H and O–H groups in total. The second-order valence-corrected chi connectivity index (χ2v) is 4.98. The van der Waals surface area contributed by atoms with Crippen LogP contribution in [0.25, 0.3) is 0 Å². The van der Waals surface area contributed by atoms with Crippen molar-refractivity contribution in [3.8, 4) is 5.75 Å². The first-order valence-corrected chi connectivity index (χ1v) is 7.22. The number of nitro benzene ring substituents is 1. The Kier molecular flexibility index (Phi) is 5.62. The number of nitrogens with zero attached hydrogens (tertiary/aromatic N) is 1. The summed E-state index contributed by atoms with van der Waals surface area (Å²) in [5.74, 6) is -0.304. The quantitative estimate of drug-likeness (QED) is 0.478. The van der Waals surface area contributed by atoms with Gasteiger partial charge in [-0.05, 0) is 12.1 Å². The predicted molar refractivity (Wildman–Crippen MR) is 88.3 cm³/mol. The number of amides is 1. The summed E-state index contributed by atoms with van der Waals surface area (Å²) < 4.78 is 4.93. The molecule has 0 spiro atoms. The van der Waals surface area contributed by atoms with Crippen LogP contribution in [0.5, 0.6) is 5.75 Å². The molecule has 0 aromatic heterocycles. The van der Waals surface area contributed by atoms with Gasteiger partial charge in [0.25, 0.3) is 5.69 Å². The van der Waals surface area contributed by atoms with E-state index in [1.165, 1.54) is 25.3 Å².